The van der Waals surface area contributed by atoms with Gasteiger partial charge in [-0.1, -0.05) is 10.7 Å². The fourth-order valence-electron chi connectivity index (χ4n) is 2.38. The average molecular weight is 380 g/mol. The molecule has 0 radical (unpaired) electrons. The van der Waals surface area contributed by atoms with E-state index in [1.807, 2.05) is 25.1 Å². The summed E-state index contributed by atoms with van der Waals surface area (Å²) < 4.78 is 7.05. The molecule has 0 fully saturated rings. The standard InChI is InChI=1S/C17H17N3O3S.ClH/c1-10-4-7-15(23-3)13(8-10)18-17-19-20(2)16(24-17)12-6-5-11(21)9-14(12)22;/h4-9H,1-3H3,(H2,18,19,21,22);1H. The van der Waals surface area contributed by atoms with Gasteiger partial charge in [0.25, 0.3) is 5.13 Å². The van der Waals surface area contributed by atoms with E-state index in [0.29, 0.717) is 10.7 Å². The van der Waals surface area contributed by atoms with Crippen molar-refractivity contribution < 1.29 is 32.0 Å². The Kier molecular flexibility index (Phi) is 5.71. The van der Waals surface area contributed by atoms with Gasteiger partial charge in [-0.2, -0.15) is 0 Å². The van der Waals surface area contributed by atoms with Crippen molar-refractivity contribution in [1.29, 1.82) is 0 Å². The van der Waals surface area contributed by atoms with Crippen LogP contribution >= 0.6 is 11.3 Å². The minimum absolute atomic E-state index is 0. The van der Waals surface area contributed by atoms with Crippen molar-refractivity contribution >= 4 is 22.2 Å². The minimum atomic E-state index is 0. The van der Waals surface area contributed by atoms with Crippen LogP contribution in [-0.4, -0.2) is 22.4 Å². The van der Waals surface area contributed by atoms with E-state index in [1.54, 1.807) is 24.9 Å². The molecule has 0 bridgehead atoms. The Hall–Kier alpha value is -2.51. The van der Waals surface area contributed by atoms with E-state index < -0.39 is 0 Å². The third kappa shape index (κ3) is 3.94. The predicted molar refractivity (Wildman–Crippen MR) is 93.1 cm³/mol. The molecule has 1 heterocycles. The second kappa shape index (κ2) is 7.58. The first-order valence-electron chi connectivity index (χ1n) is 7.29. The lowest BCUT2D eigenvalue weighted by atomic mass is 10.2. The van der Waals surface area contributed by atoms with Gasteiger partial charge < -0.3 is 32.7 Å². The molecule has 0 saturated carbocycles. The highest BCUT2D eigenvalue weighted by Gasteiger charge is 2.22. The average Bonchev–Trinajstić information content (AvgIpc) is 2.88. The zero-order chi connectivity index (χ0) is 17.3. The van der Waals surface area contributed by atoms with Crippen LogP contribution in [0.5, 0.6) is 17.2 Å². The van der Waals surface area contributed by atoms with Gasteiger partial charge in [0.15, 0.2) is 7.05 Å². The lowest BCUT2D eigenvalue weighted by Crippen LogP contribution is -3.00. The van der Waals surface area contributed by atoms with Crippen LogP contribution in [0.1, 0.15) is 5.56 Å². The molecule has 3 aromatic rings. The Bertz CT molecular complexity index is 899. The summed E-state index contributed by atoms with van der Waals surface area (Å²) in [5.74, 6) is 0.757. The van der Waals surface area contributed by atoms with Gasteiger partial charge in [-0.15, -0.1) is 0 Å². The number of halogens is 1. The molecule has 0 atom stereocenters. The monoisotopic (exact) mass is 379 g/mol. The van der Waals surface area contributed by atoms with Gasteiger partial charge in [-0.25, -0.2) is 0 Å². The molecular weight excluding hydrogens is 362 g/mol. The largest absolute Gasteiger partial charge is 1.00 e. The molecule has 1 aromatic heterocycles. The molecule has 0 amide bonds. The lowest BCUT2D eigenvalue weighted by molar-refractivity contribution is -0.714. The first-order chi connectivity index (χ1) is 11.5. The molecule has 132 valence electrons. The summed E-state index contributed by atoms with van der Waals surface area (Å²) in [4.78, 5) is 0. The van der Waals surface area contributed by atoms with Crippen molar-refractivity contribution in [2.24, 2.45) is 7.05 Å². The number of rotatable bonds is 4. The Morgan fingerprint density at radius 2 is 1.92 bits per heavy atom. The van der Waals surface area contributed by atoms with Gasteiger partial charge in [0.1, 0.15) is 22.8 Å². The second-order valence-corrected chi connectivity index (χ2v) is 6.34. The number of aromatic nitrogens is 2. The number of hydrogen-bond acceptors (Lipinski definition) is 6. The highest BCUT2D eigenvalue weighted by atomic mass is 35.5. The van der Waals surface area contributed by atoms with E-state index in [4.69, 9.17) is 4.74 Å². The zero-order valence-electron chi connectivity index (χ0n) is 13.9. The van der Waals surface area contributed by atoms with Crippen LogP contribution in [0.3, 0.4) is 0 Å². The number of nitrogens with zero attached hydrogens (tertiary/aromatic N) is 2. The van der Waals surface area contributed by atoms with Crippen molar-refractivity contribution in [3.63, 3.8) is 0 Å². The summed E-state index contributed by atoms with van der Waals surface area (Å²) in [7, 11) is 3.42. The number of anilines is 2. The van der Waals surface area contributed by atoms with E-state index in [1.165, 1.54) is 23.5 Å². The molecule has 2 aromatic carbocycles. The van der Waals surface area contributed by atoms with Crippen LogP contribution < -0.4 is 27.1 Å². The Morgan fingerprint density at radius 1 is 1.16 bits per heavy atom. The van der Waals surface area contributed by atoms with E-state index in [2.05, 4.69) is 10.4 Å². The lowest BCUT2D eigenvalue weighted by Gasteiger charge is -2.08. The van der Waals surface area contributed by atoms with Gasteiger partial charge >= 0.3 is 5.01 Å². The number of aryl methyl sites for hydroxylation is 2. The maximum atomic E-state index is 10.1. The van der Waals surface area contributed by atoms with Crippen LogP contribution in [0, 0.1) is 6.92 Å². The summed E-state index contributed by atoms with van der Waals surface area (Å²) in [6.45, 7) is 2.01. The predicted octanol–water partition coefficient (Wildman–Crippen LogP) is 0.110. The summed E-state index contributed by atoms with van der Waals surface area (Å²) in [5, 5.41) is 28.6. The molecule has 0 unspecified atom stereocenters. The molecule has 3 N–H and O–H groups in total. The smallest absolute Gasteiger partial charge is 0.301 e. The summed E-state index contributed by atoms with van der Waals surface area (Å²) >= 11 is 1.40. The first kappa shape index (κ1) is 18.8. The van der Waals surface area contributed by atoms with Crippen molar-refractivity contribution in [1.82, 2.24) is 5.10 Å². The van der Waals surface area contributed by atoms with E-state index >= 15 is 0 Å². The summed E-state index contributed by atoms with van der Waals surface area (Å²) in [6.07, 6.45) is 0. The van der Waals surface area contributed by atoms with Crippen LogP contribution in [0.25, 0.3) is 10.6 Å². The third-order valence-electron chi connectivity index (χ3n) is 3.54. The molecule has 0 aliphatic carbocycles. The fraction of sp³-hybridized carbons (Fsp3) is 0.176. The topological polar surface area (TPSA) is 78.5 Å². The molecule has 0 aliphatic heterocycles. The number of methoxy groups -OCH3 is 1. The highest BCUT2D eigenvalue weighted by molar-refractivity contribution is 7.18. The number of phenolic OH excluding ortho intramolecular Hbond substituents is 2. The van der Waals surface area contributed by atoms with Crippen molar-refractivity contribution in [3.05, 3.63) is 42.0 Å². The van der Waals surface area contributed by atoms with Crippen molar-refractivity contribution in [3.8, 4) is 27.8 Å². The molecular formula is C17H18ClN3O3S. The van der Waals surface area contributed by atoms with E-state index in [0.717, 1.165) is 22.0 Å². The Labute approximate surface area is 155 Å². The van der Waals surface area contributed by atoms with Gasteiger partial charge in [0.2, 0.25) is 0 Å². The maximum Gasteiger partial charge on any atom is 0.301 e. The highest BCUT2D eigenvalue weighted by Crippen LogP contribution is 2.36. The van der Waals surface area contributed by atoms with Crippen LogP contribution in [0.4, 0.5) is 10.8 Å². The van der Waals surface area contributed by atoms with Gasteiger partial charge in [-0.05, 0) is 48.1 Å². The molecule has 0 spiro atoms. The number of phenols is 2. The molecule has 6 nitrogen and oxygen atoms in total. The molecule has 0 saturated heterocycles. The summed E-state index contributed by atoms with van der Waals surface area (Å²) in [5.41, 5.74) is 2.54. The van der Waals surface area contributed by atoms with Crippen LogP contribution in [-0.2, 0) is 7.05 Å². The fourth-order valence-corrected chi connectivity index (χ4v) is 3.34. The number of benzene rings is 2. The maximum absolute atomic E-state index is 10.1. The zero-order valence-corrected chi connectivity index (χ0v) is 15.5. The van der Waals surface area contributed by atoms with Gasteiger partial charge in [0.05, 0.1) is 12.8 Å². The Morgan fingerprint density at radius 3 is 2.60 bits per heavy atom. The summed E-state index contributed by atoms with van der Waals surface area (Å²) in [6, 6.07) is 10.4. The minimum Gasteiger partial charge on any atom is -1.00 e. The molecule has 25 heavy (non-hydrogen) atoms. The number of nitrogens with one attached hydrogen (secondary N) is 1. The van der Waals surface area contributed by atoms with Crippen LogP contribution in [0.15, 0.2) is 36.4 Å². The first-order valence-corrected chi connectivity index (χ1v) is 8.10. The molecule has 8 heteroatoms. The van der Waals surface area contributed by atoms with Crippen molar-refractivity contribution in [2.45, 2.75) is 6.92 Å². The number of hydrogen-bond donors (Lipinski definition) is 3. The molecule has 3 rings (SSSR count). The van der Waals surface area contributed by atoms with Gasteiger partial charge in [0, 0.05) is 11.2 Å². The van der Waals surface area contributed by atoms with Crippen molar-refractivity contribution in [2.75, 3.05) is 12.4 Å². The van der Waals surface area contributed by atoms with E-state index in [9.17, 15) is 10.2 Å². The Balaban J connectivity index is 0.00000225. The number of aromatic hydroxyl groups is 2. The van der Waals surface area contributed by atoms with Gasteiger partial charge in [-0.3, -0.25) is 0 Å². The SMILES string of the molecule is COc1ccc(C)cc1Nc1n[n+](C)c(-c2ccc(O)cc2O)s1.[Cl-]. The van der Waals surface area contributed by atoms with E-state index in [-0.39, 0.29) is 23.9 Å². The molecule has 0 aliphatic rings. The quantitative estimate of drug-likeness (QED) is 0.561. The van der Waals surface area contributed by atoms with Crippen LogP contribution in [0.2, 0.25) is 0 Å². The third-order valence-corrected chi connectivity index (χ3v) is 4.59. The number of ether oxygens (including phenoxy) is 1. The normalized spacial score (nSPS) is 10.2. The second-order valence-electron chi connectivity index (χ2n) is 5.37.